The molecule has 110 valence electrons. The monoisotopic (exact) mass is 279 g/mol. The Balaban J connectivity index is 2.73. The molecule has 1 rings (SSSR count). The molecule has 1 unspecified atom stereocenters. The van der Waals surface area contributed by atoms with Crippen molar-refractivity contribution in [3.63, 3.8) is 0 Å². The van der Waals surface area contributed by atoms with Crippen LogP contribution in [0.3, 0.4) is 0 Å². The zero-order chi connectivity index (χ0) is 15.3. The zero-order valence-electron chi connectivity index (χ0n) is 12.3. The number of rotatable bonds is 5. The predicted molar refractivity (Wildman–Crippen MR) is 76.0 cm³/mol. The molecule has 0 aromatic heterocycles. The first-order valence-corrected chi connectivity index (χ1v) is 6.55. The van der Waals surface area contributed by atoms with E-state index < -0.39 is 17.9 Å². The van der Waals surface area contributed by atoms with E-state index >= 15 is 0 Å². The number of ether oxygens (including phenoxy) is 1. The first-order valence-electron chi connectivity index (χ1n) is 6.55. The average molecular weight is 279 g/mol. The Labute approximate surface area is 118 Å². The minimum atomic E-state index is -1.03. The molecule has 5 heteroatoms. The largest absolute Gasteiger partial charge is 0.488 e. The molecule has 0 fully saturated rings. The average Bonchev–Trinajstić information content (AvgIpc) is 2.34. The van der Waals surface area contributed by atoms with E-state index in [-0.39, 0.29) is 5.60 Å². The second-order valence-corrected chi connectivity index (χ2v) is 5.51. The van der Waals surface area contributed by atoms with Crippen molar-refractivity contribution in [2.24, 2.45) is 0 Å². The van der Waals surface area contributed by atoms with Crippen LogP contribution in [-0.2, 0) is 4.79 Å². The summed E-state index contributed by atoms with van der Waals surface area (Å²) in [4.78, 5) is 22.8. The van der Waals surface area contributed by atoms with E-state index in [4.69, 9.17) is 9.84 Å². The van der Waals surface area contributed by atoms with Gasteiger partial charge in [0.1, 0.15) is 17.4 Å². The third kappa shape index (κ3) is 4.91. The van der Waals surface area contributed by atoms with Crippen molar-refractivity contribution in [2.75, 3.05) is 0 Å². The molecule has 5 nitrogen and oxygen atoms in total. The molecule has 2 N–H and O–H groups in total. The summed E-state index contributed by atoms with van der Waals surface area (Å²) in [6.45, 7) is 7.52. The molecule has 0 saturated carbocycles. The minimum Gasteiger partial charge on any atom is -0.488 e. The van der Waals surface area contributed by atoms with Gasteiger partial charge in [0.05, 0.1) is 0 Å². The molecule has 0 aliphatic heterocycles. The Kier molecular flexibility index (Phi) is 5.13. The van der Waals surface area contributed by atoms with Gasteiger partial charge in [0.2, 0.25) is 0 Å². The van der Waals surface area contributed by atoms with E-state index in [1.165, 1.54) is 0 Å². The predicted octanol–water partition coefficient (Wildman–Crippen LogP) is 2.46. The third-order valence-corrected chi connectivity index (χ3v) is 2.55. The maximum atomic E-state index is 11.9. The maximum Gasteiger partial charge on any atom is 0.326 e. The van der Waals surface area contributed by atoms with E-state index in [1.54, 1.807) is 31.2 Å². The van der Waals surface area contributed by atoms with E-state index in [0.717, 1.165) is 0 Å². The van der Waals surface area contributed by atoms with Gasteiger partial charge in [-0.3, -0.25) is 4.79 Å². The number of amides is 1. The molecule has 0 spiro atoms. The molecule has 1 atom stereocenters. The number of aliphatic carboxylic acids is 1. The van der Waals surface area contributed by atoms with Gasteiger partial charge in [-0.15, -0.1) is 0 Å². The Morgan fingerprint density at radius 2 is 1.80 bits per heavy atom. The number of hydrogen-bond donors (Lipinski definition) is 2. The van der Waals surface area contributed by atoms with Crippen molar-refractivity contribution in [3.05, 3.63) is 29.8 Å². The summed E-state index contributed by atoms with van der Waals surface area (Å²) in [6, 6.07) is 5.76. The number of carbonyl (C=O) groups is 2. The lowest BCUT2D eigenvalue weighted by atomic mass is 10.1. The van der Waals surface area contributed by atoms with E-state index in [2.05, 4.69) is 5.32 Å². The van der Waals surface area contributed by atoms with Crippen LogP contribution in [0.5, 0.6) is 5.75 Å². The summed E-state index contributed by atoms with van der Waals surface area (Å²) in [7, 11) is 0. The summed E-state index contributed by atoms with van der Waals surface area (Å²) in [5.74, 6) is -0.769. The standard InChI is InChI=1S/C15H21NO4/c1-5-12(14(18)19)16-13(17)10-6-8-11(9-7-10)20-15(2,3)4/h6-9,12H,5H2,1-4H3,(H,16,17)(H,18,19). The van der Waals surface area contributed by atoms with E-state index in [1.807, 2.05) is 20.8 Å². The quantitative estimate of drug-likeness (QED) is 0.868. The highest BCUT2D eigenvalue weighted by Gasteiger charge is 2.18. The third-order valence-electron chi connectivity index (χ3n) is 2.55. The molecule has 0 aliphatic carbocycles. The van der Waals surface area contributed by atoms with Crippen LogP contribution >= 0.6 is 0 Å². The topological polar surface area (TPSA) is 75.6 Å². The van der Waals surface area contributed by atoms with Crippen molar-refractivity contribution in [3.8, 4) is 5.75 Å². The van der Waals surface area contributed by atoms with Gasteiger partial charge in [-0.05, 0) is 51.5 Å². The number of benzene rings is 1. The second kappa shape index (κ2) is 6.41. The maximum absolute atomic E-state index is 11.9. The first kappa shape index (κ1) is 16.0. The smallest absolute Gasteiger partial charge is 0.326 e. The van der Waals surface area contributed by atoms with Crippen LogP contribution in [0, 0.1) is 0 Å². The molecule has 0 radical (unpaired) electrons. The van der Waals surface area contributed by atoms with Gasteiger partial charge in [0, 0.05) is 5.56 Å². The summed E-state index contributed by atoms with van der Waals surface area (Å²) < 4.78 is 5.65. The van der Waals surface area contributed by atoms with Crippen LogP contribution in [0.2, 0.25) is 0 Å². The Hall–Kier alpha value is -2.04. The first-order chi connectivity index (χ1) is 9.23. The molecule has 0 aliphatic rings. The molecule has 0 heterocycles. The highest BCUT2D eigenvalue weighted by atomic mass is 16.5. The lowest BCUT2D eigenvalue weighted by molar-refractivity contribution is -0.139. The second-order valence-electron chi connectivity index (χ2n) is 5.51. The molecule has 1 aromatic carbocycles. The fourth-order valence-electron chi connectivity index (χ4n) is 1.61. The van der Waals surface area contributed by atoms with Gasteiger partial charge in [-0.1, -0.05) is 6.92 Å². The summed E-state index contributed by atoms with van der Waals surface area (Å²) in [5.41, 5.74) is 0.103. The van der Waals surface area contributed by atoms with Crippen LogP contribution in [-0.4, -0.2) is 28.6 Å². The Morgan fingerprint density at radius 1 is 1.25 bits per heavy atom. The molecule has 0 saturated heterocycles. The van der Waals surface area contributed by atoms with E-state index in [9.17, 15) is 9.59 Å². The minimum absolute atomic E-state index is 0.305. The molecule has 1 amide bonds. The molecular weight excluding hydrogens is 258 g/mol. The van der Waals surface area contributed by atoms with Crippen molar-refractivity contribution < 1.29 is 19.4 Å². The fraction of sp³-hybridized carbons (Fsp3) is 0.467. The van der Waals surface area contributed by atoms with Crippen LogP contribution < -0.4 is 10.1 Å². The van der Waals surface area contributed by atoms with Crippen LogP contribution in [0.25, 0.3) is 0 Å². The van der Waals surface area contributed by atoms with Crippen molar-refractivity contribution in [1.29, 1.82) is 0 Å². The van der Waals surface area contributed by atoms with Crippen LogP contribution in [0.4, 0.5) is 0 Å². The number of hydrogen-bond acceptors (Lipinski definition) is 3. The number of carboxylic acid groups (broad SMARTS) is 1. The van der Waals surface area contributed by atoms with Gasteiger partial charge in [0.15, 0.2) is 0 Å². The molecule has 20 heavy (non-hydrogen) atoms. The zero-order valence-corrected chi connectivity index (χ0v) is 12.3. The summed E-state index contributed by atoms with van der Waals surface area (Å²) in [6.07, 6.45) is 0.340. The fourth-order valence-corrected chi connectivity index (χ4v) is 1.61. The molecule has 0 bridgehead atoms. The van der Waals surface area contributed by atoms with Crippen molar-refractivity contribution in [1.82, 2.24) is 5.32 Å². The Bertz CT molecular complexity index is 474. The normalized spacial score (nSPS) is 12.6. The highest BCUT2D eigenvalue weighted by molar-refractivity contribution is 5.96. The lowest BCUT2D eigenvalue weighted by Gasteiger charge is -2.21. The summed E-state index contributed by atoms with van der Waals surface area (Å²) in [5, 5.41) is 11.4. The lowest BCUT2D eigenvalue weighted by Crippen LogP contribution is -2.40. The van der Waals surface area contributed by atoms with E-state index in [0.29, 0.717) is 17.7 Å². The Morgan fingerprint density at radius 3 is 2.20 bits per heavy atom. The van der Waals surface area contributed by atoms with Gasteiger partial charge in [0.25, 0.3) is 5.91 Å². The number of carboxylic acids is 1. The molecule has 1 aromatic rings. The van der Waals surface area contributed by atoms with Crippen molar-refractivity contribution in [2.45, 2.75) is 45.8 Å². The van der Waals surface area contributed by atoms with Crippen molar-refractivity contribution >= 4 is 11.9 Å². The number of carbonyl (C=O) groups excluding carboxylic acids is 1. The highest BCUT2D eigenvalue weighted by Crippen LogP contribution is 2.18. The van der Waals surface area contributed by atoms with Gasteiger partial charge in [-0.25, -0.2) is 4.79 Å². The molecular formula is C15H21NO4. The van der Waals surface area contributed by atoms with Gasteiger partial charge >= 0.3 is 5.97 Å². The SMILES string of the molecule is CCC(NC(=O)c1ccc(OC(C)(C)C)cc1)C(=O)O. The van der Waals surface area contributed by atoms with Crippen LogP contribution in [0.15, 0.2) is 24.3 Å². The van der Waals surface area contributed by atoms with Crippen LogP contribution in [0.1, 0.15) is 44.5 Å². The number of nitrogens with one attached hydrogen (secondary N) is 1. The van der Waals surface area contributed by atoms with Gasteiger partial charge in [-0.2, -0.15) is 0 Å². The van der Waals surface area contributed by atoms with Gasteiger partial charge < -0.3 is 15.2 Å². The summed E-state index contributed by atoms with van der Waals surface area (Å²) >= 11 is 0.